The van der Waals surface area contributed by atoms with Gasteiger partial charge >= 0.3 is 12.1 Å². The minimum atomic E-state index is -2.52. The molecule has 5 atom stereocenters. The fourth-order valence-corrected chi connectivity index (χ4v) is 17.1. The summed E-state index contributed by atoms with van der Waals surface area (Å²) < 4.78 is 26.8. The molecule has 1 saturated carbocycles. The molecule has 0 spiro atoms. The van der Waals surface area contributed by atoms with Crippen molar-refractivity contribution >= 4 is 42.9 Å². The molecule has 16 heteroatoms. The molecular weight excluding hydrogens is 951 g/mol. The van der Waals surface area contributed by atoms with Crippen molar-refractivity contribution in [1.29, 1.82) is 0 Å². The lowest BCUT2D eigenvalue weighted by atomic mass is 9.84. The van der Waals surface area contributed by atoms with E-state index in [1.165, 1.54) is 12.1 Å². The molecule has 2 aromatic carbocycles. The summed E-state index contributed by atoms with van der Waals surface area (Å²) in [5.41, 5.74) is 11.6. The van der Waals surface area contributed by atoms with Gasteiger partial charge in [0, 0.05) is 75.9 Å². The Balaban J connectivity index is 1.42. The van der Waals surface area contributed by atoms with Crippen LogP contribution >= 0.6 is 0 Å². The number of hydrazine groups is 1. The van der Waals surface area contributed by atoms with E-state index in [1.54, 1.807) is 27.9 Å². The van der Waals surface area contributed by atoms with Crippen LogP contribution in [0.1, 0.15) is 119 Å². The molecule has 4 heterocycles. The van der Waals surface area contributed by atoms with Crippen LogP contribution in [0.3, 0.4) is 0 Å². The quantitative estimate of drug-likeness (QED) is 0.0604. The largest absolute Gasteiger partial charge is 0.543 e. The summed E-state index contributed by atoms with van der Waals surface area (Å²) in [6, 6.07) is 13.5. The molecule has 2 aliphatic heterocycles. The number of fused-ring (bicyclic) bond motifs is 2. The van der Waals surface area contributed by atoms with Crippen LogP contribution in [-0.2, 0) is 43.2 Å². The normalized spacial score (nSPS) is 19.5. The summed E-state index contributed by atoms with van der Waals surface area (Å²) in [7, 11) is 2.73. The van der Waals surface area contributed by atoms with Gasteiger partial charge in [0.15, 0.2) is 0 Å². The summed E-state index contributed by atoms with van der Waals surface area (Å²) >= 11 is 0. The van der Waals surface area contributed by atoms with Crippen molar-refractivity contribution in [2.45, 2.75) is 156 Å². The Morgan fingerprint density at radius 1 is 0.905 bits per heavy atom. The highest BCUT2D eigenvalue weighted by atomic mass is 28.4. The van der Waals surface area contributed by atoms with Crippen molar-refractivity contribution in [1.82, 2.24) is 30.2 Å². The van der Waals surface area contributed by atoms with Crippen LogP contribution in [0.5, 0.6) is 5.75 Å². The van der Waals surface area contributed by atoms with E-state index in [4.69, 9.17) is 23.6 Å². The number of pyridine rings is 1. The Morgan fingerprint density at radius 2 is 1.58 bits per heavy atom. The fraction of sp³-hybridized carbons (Fsp3) is 0.621. The molecule has 2 amide bonds. The third-order valence-corrected chi connectivity index (χ3v) is 21.9. The SMILES string of the molecule is CCn1c(-c2cc(N3CCN(C)CC3)cnc2[C@H](C)OC)c(CC(C)(C)CO)c2cc(-c3cc(C[C@H](NC(=O)OC(C)(C)C)C(=O)N4C[C@@H]5C[C@@H]5[C@@H](C(=O)OC)N4)cc(O[Si](C(C)C)(C(C)C)C(C)C)c3)ccc21. The number of likely N-dealkylation sites (N-methyl/N-ethyl adjacent to an activating group) is 1. The summed E-state index contributed by atoms with van der Waals surface area (Å²) in [6.07, 6.45) is 2.50. The lowest BCUT2D eigenvalue weighted by Crippen LogP contribution is -2.61. The first-order valence-electron chi connectivity index (χ1n) is 27.1. The fourth-order valence-electron chi connectivity index (χ4n) is 11.9. The minimum absolute atomic E-state index is 0.00344. The van der Waals surface area contributed by atoms with Crippen molar-refractivity contribution in [3.8, 4) is 28.1 Å². The van der Waals surface area contributed by atoms with Crippen molar-refractivity contribution < 1.29 is 38.1 Å². The zero-order valence-corrected chi connectivity index (χ0v) is 48.3. The van der Waals surface area contributed by atoms with E-state index in [0.29, 0.717) is 25.3 Å². The first-order valence-corrected chi connectivity index (χ1v) is 29.2. The van der Waals surface area contributed by atoms with Gasteiger partial charge in [-0.3, -0.25) is 19.6 Å². The van der Waals surface area contributed by atoms with Crippen LogP contribution in [0.4, 0.5) is 10.5 Å². The van der Waals surface area contributed by atoms with Crippen LogP contribution in [-0.4, -0.2) is 129 Å². The van der Waals surface area contributed by atoms with Gasteiger partial charge in [0.2, 0.25) is 0 Å². The van der Waals surface area contributed by atoms with Crippen LogP contribution in [0.25, 0.3) is 33.3 Å². The average molecular weight is 1040 g/mol. The number of alkyl carbamates (subject to hydrolysis) is 1. The molecule has 3 aliphatic rings. The molecule has 0 bridgehead atoms. The van der Waals surface area contributed by atoms with E-state index in [9.17, 15) is 19.5 Å². The maximum atomic E-state index is 14.9. The number of hydrogen-bond donors (Lipinski definition) is 3. The number of aliphatic hydroxyl groups is 1. The number of amides is 2. The number of carbonyl (C=O) groups excluding carboxylic acids is 3. The molecule has 0 radical (unpaired) electrons. The maximum Gasteiger partial charge on any atom is 0.408 e. The van der Waals surface area contributed by atoms with Crippen LogP contribution < -0.4 is 20.1 Å². The summed E-state index contributed by atoms with van der Waals surface area (Å²) in [6.45, 7) is 32.2. The Labute approximate surface area is 442 Å². The number of aryl methyl sites for hydroxylation is 1. The highest BCUT2D eigenvalue weighted by molar-refractivity contribution is 6.78. The second-order valence-electron chi connectivity index (χ2n) is 24.0. The predicted molar refractivity (Wildman–Crippen MR) is 297 cm³/mol. The Bertz CT molecular complexity index is 2630. The Morgan fingerprint density at radius 3 is 2.18 bits per heavy atom. The zero-order valence-electron chi connectivity index (χ0n) is 47.3. The highest BCUT2D eigenvalue weighted by Crippen LogP contribution is 2.47. The first-order chi connectivity index (χ1) is 34.8. The molecule has 3 fully saturated rings. The van der Waals surface area contributed by atoms with Gasteiger partial charge in [0.1, 0.15) is 23.4 Å². The van der Waals surface area contributed by atoms with E-state index in [2.05, 4.69) is 131 Å². The van der Waals surface area contributed by atoms with E-state index < -0.39 is 43.5 Å². The predicted octanol–water partition coefficient (Wildman–Crippen LogP) is 9.92. The number of ether oxygens (including phenoxy) is 3. The number of methoxy groups -OCH3 is 2. The number of piperazine rings is 1. The number of anilines is 1. The van der Waals surface area contributed by atoms with Crippen LogP contribution in [0.2, 0.25) is 16.6 Å². The molecule has 74 heavy (non-hydrogen) atoms. The summed E-state index contributed by atoms with van der Waals surface area (Å²) in [5.74, 6) is 0.151. The Hall–Kier alpha value is -5.00. The van der Waals surface area contributed by atoms with E-state index >= 15 is 0 Å². The zero-order chi connectivity index (χ0) is 54.2. The van der Waals surface area contributed by atoms with Gasteiger partial charge in [-0.05, 0) is 141 Å². The topological polar surface area (TPSA) is 160 Å². The van der Waals surface area contributed by atoms with Gasteiger partial charge < -0.3 is 43.4 Å². The van der Waals surface area contributed by atoms with Crippen molar-refractivity contribution in [2.75, 3.05) is 65.5 Å². The molecule has 1 aliphatic carbocycles. The molecule has 2 saturated heterocycles. The maximum absolute atomic E-state index is 14.9. The third kappa shape index (κ3) is 12.1. The second-order valence-corrected chi connectivity index (χ2v) is 29.4. The van der Waals surface area contributed by atoms with Gasteiger partial charge in [-0.2, -0.15) is 0 Å². The molecule has 0 unspecified atom stereocenters. The Kier molecular flexibility index (Phi) is 17.4. The number of nitrogens with zero attached hydrogens (tertiary/aromatic N) is 5. The van der Waals surface area contributed by atoms with E-state index in [0.717, 1.165) is 88.4 Å². The first kappa shape index (κ1) is 56.7. The van der Waals surface area contributed by atoms with Crippen molar-refractivity contribution in [3.63, 3.8) is 0 Å². The molecule has 4 aromatic rings. The van der Waals surface area contributed by atoms with Gasteiger partial charge in [-0.15, -0.1) is 0 Å². The van der Waals surface area contributed by atoms with E-state index in [-0.39, 0.29) is 53.5 Å². The number of esters is 1. The third-order valence-electron chi connectivity index (χ3n) is 15.9. The summed E-state index contributed by atoms with van der Waals surface area (Å²) in [4.78, 5) is 51.4. The smallest absolute Gasteiger partial charge is 0.408 e. The lowest BCUT2D eigenvalue weighted by Gasteiger charge is -2.42. The molecular formula is C58H87N7O8Si. The average Bonchev–Trinajstić information content (AvgIpc) is 4.08. The molecule has 3 N–H and O–H groups in total. The number of hydrogen-bond acceptors (Lipinski definition) is 12. The molecule has 15 nitrogen and oxygen atoms in total. The number of aliphatic hydroxyl groups excluding tert-OH is 1. The molecule has 7 rings (SSSR count). The lowest BCUT2D eigenvalue weighted by molar-refractivity contribution is -0.150. The number of benzene rings is 2. The van der Waals surface area contributed by atoms with E-state index in [1.807, 2.05) is 19.2 Å². The minimum Gasteiger partial charge on any atom is -0.543 e. The van der Waals surface area contributed by atoms with Gasteiger partial charge in [-0.1, -0.05) is 67.5 Å². The molecule has 406 valence electrons. The number of aromatic nitrogens is 2. The van der Waals surface area contributed by atoms with Gasteiger partial charge in [0.05, 0.1) is 36.5 Å². The number of nitrogens with one attached hydrogen (secondary N) is 2. The molecule has 2 aromatic heterocycles. The van der Waals surface area contributed by atoms with Crippen LogP contribution in [0.15, 0.2) is 48.7 Å². The van der Waals surface area contributed by atoms with Crippen LogP contribution in [0, 0.1) is 17.3 Å². The number of rotatable bonds is 19. The summed E-state index contributed by atoms with van der Waals surface area (Å²) in [5, 5.41) is 16.4. The highest BCUT2D eigenvalue weighted by Gasteiger charge is 2.53. The van der Waals surface area contributed by atoms with Gasteiger partial charge in [0.25, 0.3) is 14.2 Å². The van der Waals surface area contributed by atoms with Crippen molar-refractivity contribution in [3.05, 3.63) is 65.5 Å². The second kappa shape index (κ2) is 22.7. The van der Waals surface area contributed by atoms with Gasteiger partial charge in [-0.25, -0.2) is 10.2 Å². The monoisotopic (exact) mass is 1040 g/mol. The van der Waals surface area contributed by atoms with Crippen molar-refractivity contribution in [2.24, 2.45) is 17.3 Å². The number of carbonyl (C=O) groups is 3. The standard InChI is InChI=1S/C58H87N7O8Si/c1-17-64-50-19-18-40(28-46(50)48(31-58(12,13)34-66)53(64)47-30-43(32-59-51(47)38(8)70-15)63-22-20-62(14)21-23-63)41-24-39(25-44(27-41)73-74(35(2)3,36(4)5)37(6)7)26-49(60-56(69)72-57(9,10)11)54(67)65-33-42-29-45(42)52(61-65)55(68)71-16/h18-19,24-25,27-28,30,32,35-38,42,45,49,52,61,66H,17,20-23,26,29,31,33-34H2,1-16H3,(H,60,69)/t38-,42-,45-,49-,52-/m0/s1.